The van der Waals surface area contributed by atoms with Gasteiger partial charge in [-0.25, -0.2) is 0 Å². The minimum absolute atomic E-state index is 0.449. The number of halogens is 1. The summed E-state index contributed by atoms with van der Waals surface area (Å²) in [6.07, 6.45) is 2.41. The Labute approximate surface area is 128 Å². The first kappa shape index (κ1) is 14.8. The third-order valence-electron chi connectivity index (χ3n) is 3.49. The summed E-state index contributed by atoms with van der Waals surface area (Å²) in [5.41, 5.74) is 7.93. The number of ether oxygens (including phenoxy) is 1. The van der Waals surface area contributed by atoms with Gasteiger partial charge in [0.15, 0.2) is 0 Å². The Morgan fingerprint density at radius 1 is 1.58 bits per heavy atom. The molecule has 2 N–H and O–H groups in total. The number of piperidine rings is 1. The van der Waals surface area contributed by atoms with Gasteiger partial charge in [0.2, 0.25) is 0 Å². The van der Waals surface area contributed by atoms with E-state index >= 15 is 0 Å². The standard InChI is InChI=1S/C14H19BrN2OS/c1-18-9-10-3-2-6-17(8-10)13-5-4-11(15)7-12(13)14(16)19/h4-5,7,10H,2-3,6,8-9H2,1H3,(H2,16,19). The van der Waals surface area contributed by atoms with Crippen LogP contribution in [-0.2, 0) is 4.74 Å². The zero-order chi connectivity index (χ0) is 13.8. The molecule has 0 bridgehead atoms. The van der Waals surface area contributed by atoms with E-state index in [1.165, 1.54) is 12.8 Å². The van der Waals surface area contributed by atoms with Crippen LogP contribution in [0.15, 0.2) is 22.7 Å². The van der Waals surface area contributed by atoms with Crippen molar-refractivity contribution in [2.75, 3.05) is 31.7 Å². The van der Waals surface area contributed by atoms with Crippen molar-refractivity contribution in [3.05, 3.63) is 28.2 Å². The molecule has 1 unspecified atom stereocenters. The molecule has 0 spiro atoms. The lowest BCUT2D eigenvalue weighted by Crippen LogP contribution is -2.38. The summed E-state index contributed by atoms with van der Waals surface area (Å²) in [4.78, 5) is 2.82. The number of nitrogens with zero attached hydrogens (tertiary/aromatic N) is 1. The van der Waals surface area contributed by atoms with E-state index in [4.69, 9.17) is 22.7 Å². The van der Waals surface area contributed by atoms with Crippen LogP contribution in [0.5, 0.6) is 0 Å². The summed E-state index contributed by atoms with van der Waals surface area (Å²) < 4.78 is 6.28. The Morgan fingerprint density at radius 2 is 2.37 bits per heavy atom. The first-order valence-corrected chi connectivity index (χ1v) is 7.65. The molecule has 0 aromatic heterocycles. The normalized spacial score (nSPS) is 19.5. The molecule has 0 amide bonds. The van der Waals surface area contributed by atoms with E-state index in [1.54, 1.807) is 7.11 Å². The van der Waals surface area contributed by atoms with Crippen molar-refractivity contribution in [3.8, 4) is 0 Å². The Bertz CT molecular complexity index is 465. The molecule has 2 rings (SSSR count). The van der Waals surface area contributed by atoms with E-state index in [2.05, 4.69) is 26.9 Å². The molecule has 1 heterocycles. The lowest BCUT2D eigenvalue weighted by Gasteiger charge is -2.35. The van der Waals surface area contributed by atoms with Gasteiger partial charge in [0, 0.05) is 35.9 Å². The van der Waals surface area contributed by atoms with Gasteiger partial charge >= 0.3 is 0 Å². The molecule has 1 aromatic carbocycles. The van der Waals surface area contributed by atoms with Gasteiger partial charge in [0.25, 0.3) is 0 Å². The Kier molecular flexibility index (Phi) is 5.19. The minimum Gasteiger partial charge on any atom is -0.389 e. The number of nitrogens with two attached hydrogens (primary N) is 1. The number of methoxy groups -OCH3 is 1. The van der Waals surface area contributed by atoms with E-state index in [0.717, 1.165) is 35.4 Å². The van der Waals surface area contributed by atoms with Crippen LogP contribution < -0.4 is 10.6 Å². The van der Waals surface area contributed by atoms with E-state index in [0.29, 0.717) is 10.9 Å². The highest BCUT2D eigenvalue weighted by Gasteiger charge is 2.22. The topological polar surface area (TPSA) is 38.5 Å². The van der Waals surface area contributed by atoms with Crippen LogP contribution in [0.3, 0.4) is 0 Å². The van der Waals surface area contributed by atoms with Crippen molar-refractivity contribution in [2.24, 2.45) is 11.7 Å². The monoisotopic (exact) mass is 342 g/mol. The Hall–Kier alpha value is -0.650. The van der Waals surface area contributed by atoms with Crippen LogP contribution in [0.2, 0.25) is 0 Å². The lowest BCUT2D eigenvalue weighted by atomic mass is 9.97. The fourth-order valence-corrected chi connectivity index (χ4v) is 3.16. The summed E-state index contributed by atoms with van der Waals surface area (Å²) in [6, 6.07) is 6.13. The molecule has 1 aromatic rings. The fraction of sp³-hybridized carbons (Fsp3) is 0.500. The average molecular weight is 343 g/mol. The predicted octanol–water partition coefficient (Wildman–Crippen LogP) is 2.95. The second kappa shape index (κ2) is 6.68. The van der Waals surface area contributed by atoms with E-state index in [-0.39, 0.29) is 0 Å². The molecule has 104 valence electrons. The fourth-order valence-electron chi connectivity index (χ4n) is 2.64. The first-order valence-electron chi connectivity index (χ1n) is 6.45. The number of benzene rings is 1. The largest absolute Gasteiger partial charge is 0.389 e. The summed E-state index contributed by atoms with van der Waals surface area (Å²) >= 11 is 8.64. The molecule has 1 fully saturated rings. The second-order valence-corrected chi connectivity index (χ2v) is 6.29. The molecular formula is C14H19BrN2OS. The van der Waals surface area contributed by atoms with Gasteiger partial charge in [-0.3, -0.25) is 0 Å². The summed E-state index contributed by atoms with van der Waals surface area (Å²) in [5.74, 6) is 0.585. The zero-order valence-electron chi connectivity index (χ0n) is 11.1. The van der Waals surface area contributed by atoms with Gasteiger partial charge in [-0.15, -0.1) is 0 Å². The number of hydrogen-bond acceptors (Lipinski definition) is 3. The third kappa shape index (κ3) is 3.68. The molecule has 0 saturated carbocycles. The van der Waals surface area contributed by atoms with Crippen molar-refractivity contribution in [3.63, 3.8) is 0 Å². The molecule has 0 aliphatic carbocycles. The lowest BCUT2D eigenvalue weighted by molar-refractivity contribution is 0.143. The van der Waals surface area contributed by atoms with Crippen molar-refractivity contribution < 1.29 is 4.74 Å². The van der Waals surface area contributed by atoms with Crippen LogP contribution in [0.1, 0.15) is 18.4 Å². The molecule has 19 heavy (non-hydrogen) atoms. The van der Waals surface area contributed by atoms with Crippen molar-refractivity contribution in [1.29, 1.82) is 0 Å². The van der Waals surface area contributed by atoms with E-state index in [1.807, 2.05) is 12.1 Å². The SMILES string of the molecule is COCC1CCCN(c2ccc(Br)cc2C(N)=S)C1. The minimum atomic E-state index is 0.449. The van der Waals surface area contributed by atoms with Gasteiger partial charge in [0.1, 0.15) is 4.99 Å². The molecule has 0 radical (unpaired) electrons. The maximum atomic E-state index is 5.84. The van der Waals surface area contributed by atoms with Gasteiger partial charge in [0.05, 0.1) is 6.61 Å². The van der Waals surface area contributed by atoms with Crippen LogP contribution in [0.4, 0.5) is 5.69 Å². The average Bonchev–Trinajstić information content (AvgIpc) is 2.39. The maximum absolute atomic E-state index is 5.84. The molecule has 1 aliphatic rings. The predicted molar refractivity (Wildman–Crippen MR) is 86.8 cm³/mol. The molecular weight excluding hydrogens is 324 g/mol. The molecule has 1 saturated heterocycles. The highest BCUT2D eigenvalue weighted by Crippen LogP contribution is 2.28. The Morgan fingerprint density at radius 3 is 3.05 bits per heavy atom. The zero-order valence-corrected chi connectivity index (χ0v) is 13.5. The van der Waals surface area contributed by atoms with Crippen LogP contribution in [0, 0.1) is 5.92 Å². The molecule has 1 aliphatic heterocycles. The summed E-state index contributed by atoms with van der Waals surface area (Å²) in [5, 5.41) is 0. The molecule has 5 heteroatoms. The summed E-state index contributed by atoms with van der Waals surface area (Å²) in [7, 11) is 1.76. The van der Waals surface area contributed by atoms with Gasteiger partial charge in [-0.1, -0.05) is 28.1 Å². The van der Waals surface area contributed by atoms with Gasteiger partial charge < -0.3 is 15.4 Å². The third-order valence-corrected chi connectivity index (χ3v) is 4.20. The van der Waals surface area contributed by atoms with E-state index in [9.17, 15) is 0 Å². The number of rotatable bonds is 4. The highest BCUT2D eigenvalue weighted by molar-refractivity contribution is 9.10. The van der Waals surface area contributed by atoms with Crippen molar-refractivity contribution in [1.82, 2.24) is 0 Å². The van der Waals surface area contributed by atoms with E-state index < -0.39 is 0 Å². The van der Waals surface area contributed by atoms with Crippen LogP contribution in [-0.4, -0.2) is 31.8 Å². The number of anilines is 1. The van der Waals surface area contributed by atoms with Crippen molar-refractivity contribution in [2.45, 2.75) is 12.8 Å². The highest BCUT2D eigenvalue weighted by atomic mass is 79.9. The van der Waals surface area contributed by atoms with Crippen molar-refractivity contribution >= 4 is 38.8 Å². The molecule has 1 atom stereocenters. The number of thiocarbonyl (C=S) groups is 1. The quantitative estimate of drug-likeness (QED) is 0.853. The summed E-state index contributed by atoms with van der Waals surface area (Å²) in [6.45, 7) is 2.87. The van der Waals surface area contributed by atoms with Gasteiger partial charge in [-0.05, 0) is 37.0 Å². The van der Waals surface area contributed by atoms with Gasteiger partial charge in [-0.2, -0.15) is 0 Å². The Balaban J connectivity index is 2.23. The smallest absolute Gasteiger partial charge is 0.106 e. The second-order valence-electron chi connectivity index (χ2n) is 4.94. The molecule has 3 nitrogen and oxygen atoms in total. The first-order chi connectivity index (χ1) is 9.11. The van der Waals surface area contributed by atoms with Crippen LogP contribution in [0.25, 0.3) is 0 Å². The number of hydrogen-bond donors (Lipinski definition) is 1. The van der Waals surface area contributed by atoms with Crippen LogP contribution >= 0.6 is 28.1 Å². The maximum Gasteiger partial charge on any atom is 0.106 e.